The summed E-state index contributed by atoms with van der Waals surface area (Å²) in [5, 5.41) is 21.9. The summed E-state index contributed by atoms with van der Waals surface area (Å²) >= 11 is 0. The summed E-state index contributed by atoms with van der Waals surface area (Å²) in [6.45, 7) is 4.10. The van der Waals surface area contributed by atoms with Crippen LogP contribution >= 0.6 is 0 Å². The Bertz CT molecular complexity index is 1390. The molecule has 0 atom stereocenters. The molecular formula is C30H33N5O3. The number of ketones is 1. The van der Waals surface area contributed by atoms with E-state index in [4.69, 9.17) is 11.4 Å². The van der Waals surface area contributed by atoms with E-state index in [9.17, 15) is 20.0 Å². The van der Waals surface area contributed by atoms with E-state index in [1.54, 1.807) is 18.3 Å². The van der Waals surface area contributed by atoms with E-state index in [1.807, 2.05) is 29.7 Å². The molecule has 0 aliphatic carbocycles. The molecule has 1 amide bonds. The maximum Gasteiger partial charge on any atom is 0.220 e. The number of piperidine rings is 1. The van der Waals surface area contributed by atoms with E-state index in [2.05, 4.69) is 22.2 Å². The quantitative estimate of drug-likeness (QED) is 0.245. The Morgan fingerprint density at radius 2 is 1.97 bits per heavy atom. The van der Waals surface area contributed by atoms with E-state index in [0.717, 1.165) is 28.9 Å². The number of amides is 1. The van der Waals surface area contributed by atoms with Crippen LogP contribution in [0.2, 0.25) is 0 Å². The van der Waals surface area contributed by atoms with Gasteiger partial charge in [0.2, 0.25) is 5.91 Å². The highest BCUT2D eigenvalue weighted by Gasteiger charge is 2.26. The van der Waals surface area contributed by atoms with Crippen LogP contribution < -0.4 is 5.32 Å². The highest BCUT2D eigenvalue weighted by atomic mass is 16.3. The second kappa shape index (κ2) is 12.5. The van der Waals surface area contributed by atoms with E-state index < -0.39 is 0 Å². The van der Waals surface area contributed by atoms with Crippen molar-refractivity contribution in [2.45, 2.75) is 51.6 Å². The molecule has 1 aliphatic heterocycles. The number of unbranched alkanes of at least 4 members (excludes halogenated alkanes) is 1. The molecule has 0 bridgehead atoms. The lowest BCUT2D eigenvalue weighted by Crippen LogP contribution is -2.39. The van der Waals surface area contributed by atoms with Crippen molar-refractivity contribution in [2.24, 2.45) is 0 Å². The number of pyridine rings is 1. The van der Waals surface area contributed by atoms with Gasteiger partial charge in [-0.1, -0.05) is 0 Å². The summed E-state index contributed by atoms with van der Waals surface area (Å²) in [5.41, 5.74) is 5.05. The molecule has 2 aromatic heterocycles. The van der Waals surface area contributed by atoms with Gasteiger partial charge in [0, 0.05) is 50.1 Å². The van der Waals surface area contributed by atoms with Crippen molar-refractivity contribution in [3.63, 3.8) is 0 Å². The Morgan fingerprint density at radius 1 is 1.24 bits per heavy atom. The Balaban J connectivity index is 1.63. The van der Waals surface area contributed by atoms with Crippen LogP contribution in [0.4, 0.5) is 0 Å². The first kappa shape index (κ1) is 27.1. The molecule has 0 saturated carbocycles. The zero-order valence-corrected chi connectivity index (χ0v) is 21.7. The number of nitrogens with one attached hydrogen (secondary N) is 1. The van der Waals surface area contributed by atoms with Crippen LogP contribution in [-0.4, -0.2) is 63.5 Å². The molecule has 8 heteroatoms. The molecule has 38 heavy (non-hydrogen) atoms. The number of benzene rings is 1. The molecule has 8 nitrogen and oxygen atoms in total. The van der Waals surface area contributed by atoms with Gasteiger partial charge in [0.05, 0.1) is 40.9 Å². The minimum absolute atomic E-state index is 0.0112. The van der Waals surface area contributed by atoms with Gasteiger partial charge < -0.3 is 15.0 Å². The highest BCUT2D eigenvalue weighted by molar-refractivity contribution is 6.09. The summed E-state index contributed by atoms with van der Waals surface area (Å²) in [6, 6.07) is 11.4. The number of likely N-dealkylation sites (tertiary alicyclic amines) is 1. The second-order valence-corrected chi connectivity index (χ2v) is 9.75. The van der Waals surface area contributed by atoms with Crippen molar-refractivity contribution in [1.82, 2.24) is 19.8 Å². The summed E-state index contributed by atoms with van der Waals surface area (Å²) in [4.78, 5) is 32.6. The normalized spacial score (nSPS) is 14.2. The lowest BCUT2D eigenvalue weighted by Gasteiger charge is -2.28. The number of aryl methyl sites for hydroxylation is 1. The first-order chi connectivity index (χ1) is 18.4. The van der Waals surface area contributed by atoms with Crippen LogP contribution in [-0.2, 0) is 11.2 Å². The number of nitriles is 1. The zero-order chi connectivity index (χ0) is 27.1. The zero-order valence-electron chi connectivity index (χ0n) is 21.7. The number of aliphatic hydroxyl groups is 1. The molecule has 1 fully saturated rings. The molecule has 1 aromatic carbocycles. The lowest BCUT2D eigenvalue weighted by atomic mass is 10.1. The van der Waals surface area contributed by atoms with Gasteiger partial charge >= 0.3 is 0 Å². The Kier molecular flexibility index (Phi) is 8.91. The Labute approximate surface area is 223 Å². The van der Waals surface area contributed by atoms with Crippen molar-refractivity contribution < 1.29 is 14.7 Å². The highest BCUT2D eigenvalue weighted by Crippen LogP contribution is 2.30. The molecule has 1 saturated heterocycles. The molecule has 1 aliphatic rings. The van der Waals surface area contributed by atoms with Gasteiger partial charge in [-0.3, -0.25) is 19.5 Å². The fourth-order valence-corrected chi connectivity index (χ4v) is 4.93. The molecule has 4 rings (SSSR count). The van der Waals surface area contributed by atoms with Gasteiger partial charge in [-0.15, -0.1) is 12.3 Å². The number of terminal acetylenes is 1. The minimum atomic E-state index is -0.300. The molecule has 0 unspecified atom stereocenters. The van der Waals surface area contributed by atoms with Crippen LogP contribution in [0, 0.1) is 30.6 Å². The fraction of sp³-hybridized carbons (Fsp3) is 0.400. The topological polar surface area (TPSA) is 111 Å². The van der Waals surface area contributed by atoms with Crippen molar-refractivity contribution >= 4 is 22.7 Å². The summed E-state index contributed by atoms with van der Waals surface area (Å²) in [6.07, 6.45) is 10.3. The van der Waals surface area contributed by atoms with E-state index in [1.165, 1.54) is 0 Å². The van der Waals surface area contributed by atoms with Crippen LogP contribution in [0.25, 0.3) is 16.7 Å². The standard InChI is InChI=1S/C30H33N5O3/c1-3-4-5-14-32-28(38)11-8-23-17-26-30(33-19-23)29(27(37)20-34-15-12-25(36)13-16-34)21(2)35(26)24-9-6-22(18-31)7-10-24/h1,6-7,9-10,17,19,25,36H,4-5,8,11-16,20H2,2H3,(H,32,38). The van der Waals surface area contributed by atoms with Gasteiger partial charge in [-0.2, -0.15) is 5.26 Å². The number of hydrogen-bond donors (Lipinski definition) is 2. The number of hydrogen-bond acceptors (Lipinski definition) is 6. The number of Topliss-reactive ketones (excluding diaryl/α,β-unsaturated/α-hetero) is 1. The van der Waals surface area contributed by atoms with Gasteiger partial charge in [0.15, 0.2) is 5.78 Å². The Morgan fingerprint density at radius 3 is 2.66 bits per heavy atom. The molecule has 3 aromatic rings. The summed E-state index contributed by atoms with van der Waals surface area (Å²) in [5.74, 6) is 2.52. The van der Waals surface area contributed by atoms with Gasteiger partial charge in [0.25, 0.3) is 0 Å². The predicted octanol–water partition coefficient (Wildman–Crippen LogP) is 3.31. The van der Waals surface area contributed by atoms with E-state index in [0.29, 0.717) is 68.4 Å². The molecule has 3 heterocycles. The van der Waals surface area contributed by atoms with Crippen molar-refractivity contribution in [1.29, 1.82) is 5.26 Å². The van der Waals surface area contributed by atoms with Crippen molar-refractivity contribution in [3.05, 3.63) is 58.9 Å². The summed E-state index contributed by atoms with van der Waals surface area (Å²) < 4.78 is 2.00. The number of aliphatic hydroxyl groups excluding tert-OH is 1. The SMILES string of the molecule is C#CCCCNC(=O)CCc1cnc2c(C(=O)CN3CCC(O)CC3)c(C)n(-c3ccc(C#N)cc3)c2c1. The number of fused-ring (bicyclic) bond motifs is 1. The van der Waals surface area contributed by atoms with Crippen LogP contribution in [0.3, 0.4) is 0 Å². The predicted molar refractivity (Wildman–Crippen MR) is 146 cm³/mol. The number of carbonyl (C=O) groups is 2. The summed E-state index contributed by atoms with van der Waals surface area (Å²) in [7, 11) is 0. The van der Waals surface area contributed by atoms with E-state index >= 15 is 0 Å². The van der Waals surface area contributed by atoms with Crippen molar-refractivity contribution in [3.8, 4) is 24.1 Å². The molecule has 0 radical (unpaired) electrons. The lowest BCUT2D eigenvalue weighted by molar-refractivity contribution is -0.121. The van der Waals surface area contributed by atoms with Crippen LogP contribution in [0.1, 0.15) is 59.3 Å². The maximum absolute atomic E-state index is 13.6. The van der Waals surface area contributed by atoms with Crippen LogP contribution in [0.5, 0.6) is 0 Å². The smallest absolute Gasteiger partial charge is 0.220 e. The number of nitrogens with zero attached hydrogens (tertiary/aromatic N) is 4. The third-order valence-corrected chi connectivity index (χ3v) is 7.02. The fourth-order valence-electron chi connectivity index (χ4n) is 4.93. The van der Waals surface area contributed by atoms with Gasteiger partial charge in [-0.25, -0.2) is 0 Å². The molecule has 0 spiro atoms. The number of aromatic nitrogens is 2. The number of carbonyl (C=O) groups excluding carboxylic acids is 2. The monoisotopic (exact) mass is 511 g/mol. The largest absolute Gasteiger partial charge is 0.393 e. The average Bonchev–Trinajstić information content (AvgIpc) is 3.22. The van der Waals surface area contributed by atoms with Gasteiger partial charge in [-0.05, 0) is 68.5 Å². The minimum Gasteiger partial charge on any atom is -0.393 e. The third-order valence-electron chi connectivity index (χ3n) is 7.02. The van der Waals surface area contributed by atoms with Crippen LogP contribution in [0.15, 0.2) is 36.5 Å². The maximum atomic E-state index is 13.6. The van der Waals surface area contributed by atoms with E-state index in [-0.39, 0.29) is 24.3 Å². The Hall–Kier alpha value is -3.98. The molecule has 196 valence electrons. The average molecular weight is 512 g/mol. The van der Waals surface area contributed by atoms with Crippen molar-refractivity contribution in [2.75, 3.05) is 26.2 Å². The first-order valence-corrected chi connectivity index (χ1v) is 13.1. The van der Waals surface area contributed by atoms with Gasteiger partial charge in [0.1, 0.15) is 0 Å². The first-order valence-electron chi connectivity index (χ1n) is 13.1. The second-order valence-electron chi connectivity index (χ2n) is 9.75. The molecular weight excluding hydrogens is 478 g/mol. The molecule has 2 N–H and O–H groups in total. The number of rotatable bonds is 10. The third kappa shape index (κ3) is 6.28.